The summed E-state index contributed by atoms with van der Waals surface area (Å²) in [5.74, 6) is -0.556. The van der Waals surface area contributed by atoms with Gasteiger partial charge in [-0.2, -0.15) is 0 Å². The van der Waals surface area contributed by atoms with Crippen molar-refractivity contribution in [1.29, 1.82) is 0 Å². The van der Waals surface area contributed by atoms with Crippen molar-refractivity contribution in [3.8, 4) is 0 Å². The van der Waals surface area contributed by atoms with Crippen molar-refractivity contribution in [3.05, 3.63) is 23.0 Å². The summed E-state index contributed by atoms with van der Waals surface area (Å²) in [6.45, 7) is 5.29. The van der Waals surface area contributed by atoms with E-state index < -0.39 is 17.5 Å². The summed E-state index contributed by atoms with van der Waals surface area (Å²) in [6, 6.07) is 2.57. The number of aliphatic hydroxyl groups excluding tert-OH is 1. The monoisotopic (exact) mass is 246 g/mol. The molecular formula is C11H16ClFN2O. The van der Waals surface area contributed by atoms with Gasteiger partial charge in [0.15, 0.2) is 0 Å². The summed E-state index contributed by atoms with van der Waals surface area (Å²) in [4.78, 5) is 0. The number of nitrogens with one attached hydrogen (secondary N) is 1. The molecule has 0 radical (unpaired) electrons. The molecule has 0 fully saturated rings. The molecule has 0 bridgehead atoms. The van der Waals surface area contributed by atoms with Gasteiger partial charge in [-0.25, -0.2) is 4.39 Å². The normalized spacial score (nSPS) is 13.6. The van der Waals surface area contributed by atoms with E-state index in [0.717, 1.165) is 6.07 Å². The average Bonchev–Trinajstić information content (AvgIpc) is 2.13. The maximum Gasteiger partial charge on any atom is 0.143 e. The minimum Gasteiger partial charge on any atom is -0.397 e. The number of anilines is 2. The van der Waals surface area contributed by atoms with Crippen LogP contribution in [-0.2, 0) is 0 Å². The lowest BCUT2D eigenvalue weighted by Gasteiger charge is -2.31. The molecule has 0 aliphatic carbocycles. The molecule has 0 aliphatic rings. The number of benzene rings is 1. The van der Waals surface area contributed by atoms with E-state index in [1.165, 1.54) is 6.07 Å². The third-order valence-corrected chi connectivity index (χ3v) is 2.88. The second-order valence-corrected chi connectivity index (χ2v) is 4.78. The van der Waals surface area contributed by atoms with Crippen LogP contribution in [0.4, 0.5) is 15.8 Å². The first-order valence-corrected chi connectivity index (χ1v) is 5.32. The van der Waals surface area contributed by atoms with Crippen molar-refractivity contribution >= 4 is 23.0 Å². The Labute approximate surface area is 99.4 Å². The second kappa shape index (κ2) is 4.47. The predicted octanol–water partition coefficient (Wildman–Crippen LogP) is 2.63. The first-order chi connectivity index (χ1) is 7.24. The topological polar surface area (TPSA) is 58.3 Å². The van der Waals surface area contributed by atoms with Crippen LogP contribution in [0.3, 0.4) is 0 Å². The van der Waals surface area contributed by atoms with E-state index in [4.69, 9.17) is 17.3 Å². The fraction of sp³-hybridized carbons (Fsp3) is 0.455. The molecule has 4 N–H and O–H groups in total. The van der Waals surface area contributed by atoms with Crippen LogP contribution in [0.2, 0.25) is 5.02 Å². The van der Waals surface area contributed by atoms with Gasteiger partial charge in [-0.3, -0.25) is 0 Å². The molecule has 0 heterocycles. The minimum atomic E-state index is -0.587. The highest BCUT2D eigenvalue weighted by Gasteiger charge is 2.24. The van der Waals surface area contributed by atoms with Gasteiger partial charge in [0.25, 0.3) is 0 Å². The lowest BCUT2D eigenvalue weighted by atomic mass is 9.98. The van der Waals surface area contributed by atoms with Gasteiger partial charge in [0, 0.05) is 6.07 Å². The van der Waals surface area contributed by atoms with Gasteiger partial charge in [-0.1, -0.05) is 11.6 Å². The Morgan fingerprint density at radius 2 is 2.06 bits per heavy atom. The van der Waals surface area contributed by atoms with Crippen LogP contribution in [0.1, 0.15) is 20.8 Å². The smallest absolute Gasteiger partial charge is 0.143 e. The summed E-state index contributed by atoms with van der Waals surface area (Å²) < 4.78 is 13.1. The maximum atomic E-state index is 13.1. The molecule has 0 saturated carbocycles. The Morgan fingerprint density at radius 3 is 2.56 bits per heavy atom. The van der Waals surface area contributed by atoms with E-state index in [2.05, 4.69) is 5.32 Å². The summed E-state index contributed by atoms with van der Waals surface area (Å²) >= 11 is 5.66. The number of halogens is 2. The quantitative estimate of drug-likeness (QED) is 0.719. The fourth-order valence-electron chi connectivity index (χ4n) is 1.12. The molecule has 1 aromatic carbocycles. The van der Waals surface area contributed by atoms with Crippen LogP contribution in [-0.4, -0.2) is 16.7 Å². The highest BCUT2D eigenvalue weighted by atomic mass is 35.5. The average molecular weight is 247 g/mol. The Bertz CT molecular complexity index is 394. The molecule has 0 spiro atoms. The van der Waals surface area contributed by atoms with Crippen molar-refractivity contribution in [2.24, 2.45) is 0 Å². The van der Waals surface area contributed by atoms with E-state index in [1.54, 1.807) is 6.92 Å². The van der Waals surface area contributed by atoms with Gasteiger partial charge in [-0.05, 0) is 26.8 Å². The van der Waals surface area contributed by atoms with E-state index in [1.807, 2.05) is 13.8 Å². The lowest BCUT2D eigenvalue weighted by Crippen LogP contribution is -2.42. The molecule has 1 rings (SSSR count). The van der Waals surface area contributed by atoms with Crippen LogP contribution >= 0.6 is 11.6 Å². The van der Waals surface area contributed by atoms with Gasteiger partial charge >= 0.3 is 0 Å². The molecule has 90 valence electrons. The zero-order valence-corrected chi connectivity index (χ0v) is 10.3. The van der Waals surface area contributed by atoms with Gasteiger partial charge in [0.05, 0.1) is 28.0 Å². The molecule has 1 aromatic rings. The van der Waals surface area contributed by atoms with Gasteiger partial charge < -0.3 is 16.2 Å². The van der Waals surface area contributed by atoms with E-state index >= 15 is 0 Å². The Morgan fingerprint density at radius 1 is 1.50 bits per heavy atom. The summed E-state index contributed by atoms with van der Waals surface area (Å²) in [5, 5.41) is 12.6. The molecule has 3 nitrogen and oxygen atoms in total. The Kier molecular flexibility index (Phi) is 3.65. The first kappa shape index (κ1) is 13.1. The maximum absolute atomic E-state index is 13.1. The first-order valence-electron chi connectivity index (χ1n) is 4.95. The second-order valence-electron chi connectivity index (χ2n) is 4.38. The van der Waals surface area contributed by atoms with E-state index in [9.17, 15) is 9.50 Å². The third kappa shape index (κ3) is 2.77. The van der Waals surface area contributed by atoms with Crippen molar-refractivity contribution in [1.82, 2.24) is 0 Å². The van der Waals surface area contributed by atoms with Gasteiger partial charge in [0.1, 0.15) is 5.82 Å². The lowest BCUT2D eigenvalue weighted by molar-refractivity contribution is 0.133. The third-order valence-electron chi connectivity index (χ3n) is 2.59. The molecular weight excluding hydrogens is 231 g/mol. The Balaban J connectivity index is 3.02. The number of nitrogens with two attached hydrogens (primary N) is 1. The number of hydrogen-bond acceptors (Lipinski definition) is 3. The van der Waals surface area contributed by atoms with Crippen LogP contribution in [0.5, 0.6) is 0 Å². The van der Waals surface area contributed by atoms with Crippen molar-refractivity contribution in [2.45, 2.75) is 32.4 Å². The van der Waals surface area contributed by atoms with Gasteiger partial charge in [-0.15, -0.1) is 0 Å². The van der Waals surface area contributed by atoms with E-state index in [-0.39, 0.29) is 10.7 Å². The number of rotatable bonds is 3. The summed E-state index contributed by atoms with van der Waals surface area (Å²) in [6.07, 6.45) is -0.587. The Hall–Kier alpha value is -1.00. The highest BCUT2D eigenvalue weighted by molar-refractivity contribution is 6.31. The molecule has 0 aromatic heterocycles. The zero-order valence-electron chi connectivity index (χ0n) is 9.51. The molecule has 1 unspecified atom stereocenters. The zero-order chi connectivity index (χ0) is 12.5. The van der Waals surface area contributed by atoms with Crippen molar-refractivity contribution < 1.29 is 9.50 Å². The molecule has 5 heteroatoms. The van der Waals surface area contributed by atoms with Crippen molar-refractivity contribution in [3.63, 3.8) is 0 Å². The molecule has 16 heavy (non-hydrogen) atoms. The number of nitrogen functional groups attached to an aromatic ring is 1. The van der Waals surface area contributed by atoms with E-state index in [0.29, 0.717) is 5.69 Å². The molecule has 0 amide bonds. The van der Waals surface area contributed by atoms with Crippen molar-refractivity contribution in [2.75, 3.05) is 11.1 Å². The molecule has 0 aliphatic heterocycles. The predicted molar refractivity (Wildman–Crippen MR) is 65.2 cm³/mol. The minimum absolute atomic E-state index is 0.00177. The van der Waals surface area contributed by atoms with Gasteiger partial charge in [0.2, 0.25) is 0 Å². The summed E-state index contributed by atoms with van der Waals surface area (Å²) in [7, 11) is 0. The molecule has 1 atom stereocenters. The fourth-order valence-corrected chi connectivity index (χ4v) is 1.29. The SMILES string of the molecule is CC(O)C(C)(C)Nc1cc(Cl)c(F)cc1N. The van der Waals surface area contributed by atoms with Crippen LogP contribution in [0, 0.1) is 5.82 Å². The largest absolute Gasteiger partial charge is 0.397 e. The number of hydrogen-bond donors (Lipinski definition) is 3. The van der Waals surface area contributed by atoms with Crippen LogP contribution < -0.4 is 11.1 Å². The van der Waals surface area contributed by atoms with Crippen LogP contribution in [0.25, 0.3) is 0 Å². The highest BCUT2D eigenvalue weighted by Crippen LogP contribution is 2.29. The molecule has 0 saturated heterocycles. The summed E-state index contributed by atoms with van der Waals surface area (Å²) in [5.41, 5.74) is 5.85. The van der Waals surface area contributed by atoms with Crippen LogP contribution in [0.15, 0.2) is 12.1 Å². The standard InChI is InChI=1S/C11H16ClFN2O/c1-6(16)11(2,3)15-10-4-7(12)8(13)5-9(10)14/h4-6,15-16H,14H2,1-3H3. The number of aliphatic hydroxyl groups is 1.